The molecule has 0 aliphatic heterocycles. The zero-order chi connectivity index (χ0) is 18.4. The van der Waals surface area contributed by atoms with Crippen LogP contribution in [0.5, 0.6) is 17.2 Å². The van der Waals surface area contributed by atoms with Gasteiger partial charge in [-0.2, -0.15) is 5.26 Å². The molecule has 0 spiro atoms. The third-order valence-corrected chi connectivity index (χ3v) is 3.58. The van der Waals surface area contributed by atoms with Gasteiger partial charge in [0.05, 0.1) is 27.4 Å². The fraction of sp³-hybridized carbons (Fsp3) is 0.167. The molecule has 0 saturated carbocycles. The third-order valence-electron chi connectivity index (χ3n) is 3.58. The van der Waals surface area contributed by atoms with E-state index in [1.807, 2.05) is 6.07 Å². The van der Waals surface area contributed by atoms with Gasteiger partial charge in [-0.05, 0) is 41.0 Å². The number of ether oxygens (including phenoxy) is 3. The summed E-state index contributed by atoms with van der Waals surface area (Å²) in [6.45, 7) is 0. The predicted molar refractivity (Wildman–Crippen MR) is 91.3 cm³/mol. The molecule has 2 aromatic rings. The lowest BCUT2D eigenvalue weighted by Gasteiger charge is -2.16. The Morgan fingerprint density at radius 2 is 1.60 bits per heavy atom. The average Bonchev–Trinajstić information content (AvgIpc) is 2.64. The monoisotopic (exact) mass is 342 g/mol. The van der Waals surface area contributed by atoms with Crippen LogP contribution in [0.4, 0.5) is 5.69 Å². The number of nitriles is 1. The highest BCUT2D eigenvalue weighted by atomic mass is 16.8. The first kappa shape index (κ1) is 18.1. The SMILES string of the molecule is COc1cc(OC)cc(C(=CC#N)c2ccc(OC)c(N(O)O)c2)c1. The Bertz CT molecular complexity index is 802. The number of hydrogen-bond donors (Lipinski definition) is 2. The maximum Gasteiger partial charge on any atom is 0.147 e. The molecule has 7 heteroatoms. The van der Waals surface area contributed by atoms with Gasteiger partial charge in [-0.1, -0.05) is 6.07 Å². The molecule has 0 radical (unpaired) electrons. The molecular formula is C18H18N2O5. The summed E-state index contributed by atoms with van der Waals surface area (Å²) in [7, 11) is 4.49. The van der Waals surface area contributed by atoms with Gasteiger partial charge in [0, 0.05) is 12.1 Å². The summed E-state index contributed by atoms with van der Waals surface area (Å²) in [5.74, 6) is 1.41. The van der Waals surface area contributed by atoms with Gasteiger partial charge in [0.1, 0.15) is 22.9 Å². The zero-order valence-electron chi connectivity index (χ0n) is 14.1. The fourth-order valence-electron chi connectivity index (χ4n) is 2.37. The van der Waals surface area contributed by atoms with Gasteiger partial charge in [0.15, 0.2) is 0 Å². The molecule has 0 unspecified atom stereocenters. The van der Waals surface area contributed by atoms with Crippen molar-refractivity contribution in [3.05, 3.63) is 53.6 Å². The van der Waals surface area contributed by atoms with E-state index < -0.39 is 0 Å². The minimum atomic E-state index is -0.0293. The van der Waals surface area contributed by atoms with E-state index in [2.05, 4.69) is 0 Å². The Hall–Kier alpha value is -3.21. The van der Waals surface area contributed by atoms with Crippen molar-refractivity contribution in [2.75, 3.05) is 26.6 Å². The molecule has 7 nitrogen and oxygen atoms in total. The molecule has 0 aliphatic carbocycles. The number of rotatable bonds is 6. The molecule has 0 fully saturated rings. The lowest BCUT2D eigenvalue weighted by Crippen LogP contribution is -2.12. The summed E-state index contributed by atoms with van der Waals surface area (Å²) in [6.07, 6.45) is 1.36. The maximum atomic E-state index is 9.39. The second-order valence-corrected chi connectivity index (χ2v) is 4.96. The summed E-state index contributed by atoms with van der Waals surface area (Å²) in [5.41, 5.74) is 1.86. The first-order valence-corrected chi connectivity index (χ1v) is 7.23. The second kappa shape index (κ2) is 8.06. The van der Waals surface area contributed by atoms with E-state index in [1.54, 1.807) is 30.3 Å². The molecule has 0 bridgehead atoms. The van der Waals surface area contributed by atoms with Gasteiger partial charge in [0.25, 0.3) is 0 Å². The number of methoxy groups -OCH3 is 3. The normalized spacial score (nSPS) is 10.8. The van der Waals surface area contributed by atoms with Gasteiger partial charge in [-0.15, -0.1) is 5.23 Å². The van der Waals surface area contributed by atoms with Crippen LogP contribution in [-0.2, 0) is 0 Å². The van der Waals surface area contributed by atoms with Crippen molar-refractivity contribution in [3.8, 4) is 23.3 Å². The Labute approximate surface area is 145 Å². The van der Waals surface area contributed by atoms with Crippen molar-refractivity contribution < 1.29 is 24.6 Å². The topological polar surface area (TPSA) is 95.2 Å². The number of benzene rings is 2. The molecule has 2 N–H and O–H groups in total. The lowest BCUT2D eigenvalue weighted by molar-refractivity contribution is 0.0279. The summed E-state index contributed by atoms with van der Waals surface area (Å²) in [6, 6.07) is 12.0. The average molecular weight is 342 g/mol. The first-order valence-electron chi connectivity index (χ1n) is 7.23. The quantitative estimate of drug-likeness (QED) is 0.614. The van der Waals surface area contributed by atoms with Crippen LogP contribution in [0.15, 0.2) is 42.5 Å². The van der Waals surface area contributed by atoms with E-state index in [-0.39, 0.29) is 16.7 Å². The second-order valence-electron chi connectivity index (χ2n) is 4.96. The van der Waals surface area contributed by atoms with Gasteiger partial charge in [0.2, 0.25) is 0 Å². The Morgan fingerprint density at radius 3 is 2.08 bits per heavy atom. The summed E-state index contributed by atoms with van der Waals surface area (Å²) in [4.78, 5) is 0. The predicted octanol–water partition coefficient (Wildman–Crippen LogP) is 3.25. The summed E-state index contributed by atoms with van der Waals surface area (Å²) < 4.78 is 15.6. The zero-order valence-corrected chi connectivity index (χ0v) is 14.1. The van der Waals surface area contributed by atoms with E-state index in [0.29, 0.717) is 28.2 Å². The van der Waals surface area contributed by atoms with Crippen LogP contribution < -0.4 is 19.4 Å². The van der Waals surface area contributed by atoms with Crippen LogP contribution in [0.3, 0.4) is 0 Å². The fourth-order valence-corrected chi connectivity index (χ4v) is 2.37. The van der Waals surface area contributed by atoms with Crippen molar-refractivity contribution in [2.24, 2.45) is 0 Å². The minimum Gasteiger partial charge on any atom is -0.497 e. The number of hydrogen-bond acceptors (Lipinski definition) is 7. The smallest absolute Gasteiger partial charge is 0.147 e. The molecule has 0 heterocycles. The molecule has 0 atom stereocenters. The van der Waals surface area contributed by atoms with Crippen molar-refractivity contribution in [2.45, 2.75) is 0 Å². The van der Waals surface area contributed by atoms with Crippen LogP contribution in [0.1, 0.15) is 11.1 Å². The number of allylic oxidation sites excluding steroid dienone is 1. The molecule has 2 rings (SSSR count). The largest absolute Gasteiger partial charge is 0.497 e. The van der Waals surface area contributed by atoms with E-state index in [1.165, 1.54) is 33.5 Å². The molecular weight excluding hydrogens is 324 g/mol. The van der Waals surface area contributed by atoms with Crippen molar-refractivity contribution in [1.82, 2.24) is 0 Å². The standard InChI is InChI=1S/C18H18N2O5/c1-23-14-8-13(9-15(11-14)24-2)16(6-7-19)12-4-5-18(25-3)17(10-12)20(21)22/h4-6,8-11,21-22H,1-3H3. The molecule has 130 valence electrons. The summed E-state index contributed by atoms with van der Waals surface area (Å²) in [5, 5.41) is 27.9. The van der Waals surface area contributed by atoms with E-state index in [4.69, 9.17) is 19.5 Å². The highest BCUT2D eigenvalue weighted by molar-refractivity contribution is 5.84. The van der Waals surface area contributed by atoms with Crippen LogP contribution in [0, 0.1) is 11.3 Å². The van der Waals surface area contributed by atoms with Gasteiger partial charge >= 0.3 is 0 Å². The molecule has 25 heavy (non-hydrogen) atoms. The Morgan fingerprint density at radius 1 is 0.960 bits per heavy atom. The van der Waals surface area contributed by atoms with Crippen LogP contribution in [0.2, 0.25) is 0 Å². The molecule has 0 aliphatic rings. The van der Waals surface area contributed by atoms with Crippen molar-refractivity contribution in [3.63, 3.8) is 0 Å². The van der Waals surface area contributed by atoms with E-state index in [9.17, 15) is 10.4 Å². The molecule has 2 aromatic carbocycles. The minimum absolute atomic E-state index is 0.0293. The van der Waals surface area contributed by atoms with E-state index in [0.717, 1.165) is 0 Å². The Kier molecular flexibility index (Phi) is 5.84. The van der Waals surface area contributed by atoms with Crippen LogP contribution in [-0.4, -0.2) is 31.7 Å². The lowest BCUT2D eigenvalue weighted by atomic mass is 9.96. The first-order chi connectivity index (χ1) is 12.0. The van der Waals surface area contributed by atoms with Crippen LogP contribution in [0.25, 0.3) is 5.57 Å². The maximum absolute atomic E-state index is 9.39. The number of nitrogens with zero attached hydrogens (tertiary/aromatic N) is 2. The van der Waals surface area contributed by atoms with Crippen molar-refractivity contribution >= 4 is 11.3 Å². The number of anilines is 1. The van der Waals surface area contributed by atoms with Gasteiger partial charge in [-0.25, -0.2) is 0 Å². The highest BCUT2D eigenvalue weighted by Crippen LogP contribution is 2.35. The van der Waals surface area contributed by atoms with Crippen molar-refractivity contribution in [1.29, 1.82) is 5.26 Å². The molecule has 0 aromatic heterocycles. The van der Waals surface area contributed by atoms with E-state index >= 15 is 0 Å². The van der Waals surface area contributed by atoms with Gasteiger partial charge < -0.3 is 14.2 Å². The Balaban J connectivity index is 2.63. The molecule has 0 amide bonds. The highest BCUT2D eigenvalue weighted by Gasteiger charge is 2.14. The molecule has 0 saturated heterocycles. The third kappa shape index (κ3) is 4.01. The summed E-state index contributed by atoms with van der Waals surface area (Å²) >= 11 is 0. The van der Waals surface area contributed by atoms with Gasteiger partial charge in [-0.3, -0.25) is 10.4 Å². The van der Waals surface area contributed by atoms with Crippen LogP contribution >= 0.6 is 0 Å².